The zero-order valence-electron chi connectivity index (χ0n) is 13.7. The van der Waals surface area contributed by atoms with Crippen LogP contribution < -0.4 is 4.90 Å². The molecule has 1 aromatic heterocycles. The first-order valence-electron chi connectivity index (χ1n) is 7.22. The third-order valence-electron chi connectivity index (χ3n) is 3.03. The van der Waals surface area contributed by atoms with Gasteiger partial charge in [-0.15, -0.1) is 0 Å². The second-order valence-corrected chi connectivity index (χ2v) is 6.02. The van der Waals surface area contributed by atoms with E-state index in [2.05, 4.69) is 9.72 Å². The molecule has 0 unspecified atom stereocenters. The molecular weight excluding hydrogens is 296 g/mol. The van der Waals surface area contributed by atoms with Crippen LogP contribution in [0.15, 0.2) is 36.5 Å². The van der Waals surface area contributed by atoms with Crippen molar-refractivity contribution in [3.63, 3.8) is 0 Å². The number of carbonyl (C=O) groups excluding carboxylic acids is 2. The van der Waals surface area contributed by atoms with Crippen LogP contribution in [0.3, 0.4) is 0 Å². The molecule has 0 saturated carbocycles. The van der Waals surface area contributed by atoms with Gasteiger partial charge < -0.3 is 9.47 Å². The fourth-order valence-electron chi connectivity index (χ4n) is 2.00. The Kier molecular flexibility index (Phi) is 4.83. The summed E-state index contributed by atoms with van der Waals surface area (Å²) in [4.78, 5) is 29.6. The third kappa shape index (κ3) is 4.42. The normalized spacial score (nSPS) is 11.1. The van der Waals surface area contributed by atoms with Crippen LogP contribution in [0.1, 0.15) is 20.8 Å². The molecule has 0 aliphatic rings. The second kappa shape index (κ2) is 6.64. The van der Waals surface area contributed by atoms with Crippen LogP contribution >= 0.6 is 0 Å². The Labute approximate surface area is 135 Å². The first-order chi connectivity index (χ1) is 10.8. The lowest BCUT2D eigenvalue weighted by Crippen LogP contribution is -2.40. The van der Waals surface area contributed by atoms with Crippen LogP contribution in [-0.4, -0.2) is 36.3 Å². The molecule has 1 aromatic carbocycles. The number of rotatable bonds is 3. The molecule has 0 bridgehead atoms. The number of pyridine rings is 1. The van der Waals surface area contributed by atoms with Crippen LogP contribution in [-0.2, 0) is 14.3 Å². The van der Waals surface area contributed by atoms with Gasteiger partial charge in [-0.25, -0.2) is 4.79 Å². The summed E-state index contributed by atoms with van der Waals surface area (Å²) in [7, 11) is 1.28. The smallest absolute Gasteiger partial charge is 0.415 e. The summed E-state index contributed by atoms with van der Waals surface area (Å²) >= 11 is 0. The summed E-state index contributed by atoms with van der Waals surface area (Å²) in [5, 5.41) is 0.864. The number of aromatic nitrogens is 1. The number of benzene rings is 1. The lowest BCUT2D eigenvalue weighted by atomic mass is 10.2. The highest BCUT2D eigenvalue weighted by Gasteiger charge is 2.25. The van der Waals surface area contributed by atoms with Crippen LogP contribution in [0, 0.1) is 0 Å². The van der Waals surface area contributed by atoms with E-state index >= 15 is 0 Å². The van der Waals surface area contributed by atoms with Crippen LogP contribution in [0.5, 0.6) is 0 Å². The molecule has 0 aliphatic carbocycles. The number of methoxy groups -OCH3 is 1. The second-order valence-electron chi connectivity index (χ2n) is 6.02. The van der Waals surface area contributed by atoms with Gasteiger partial charge in [0.25, 0.3) is 0 Å². The number of esters is 1. The van der Waals surface area contributed by atoms with Crippen molar-refractivity contribution >= 4 is 28.7 Å². The van der Waals surface area contributed by atoms with Gasteiger partial charge in [0.2, 0.25) is 0 Å². The van der Waals surface area contributed by atoms with Gasteiger partial charge in [0.1, 0.15) is 12.1 Å². The van der Waals surface area contributed by atoms with Crippen molar-refractivity contribution in [2.45, 2.75) is 26.4 Å². The zero-order chi connectivity index (χ0) is 17.0. The number of amides is 1. The predicted octanol–water partition coefficient (Wildman–Crippen LogP) is 3.15. The minimum atomic E-state index is -0.663. The first kappa shape index (κ1) is 16.7. The molecule has 0 atom stereocenters. The lowest BCUT2D eigenvalue weighted by molar-refractivity contribution is -0.139. The molecule has 122 valence electrons. The van der Waals surface area contributed by atoms with Gasteiger partial charge >= 0.3 is 12.1 Å². The Morgan fingerprint density at radius 1 is 1.22 bits per heavy atom. The quantitative estimate of drug-likeness (QED) is 0.814. The fourth-order valence-corrected chi connectivity index (χ4v) is 2.00. The van der Waals surface area contributed by atoms with E-state index in [9.17, 15) is 9.59 Å². The Morgan fingerprint density at radius 3 is 2.61 bits per heavy atom. The van der Waals surface area contributed by atoms with E-state index in [1.807, 2.05) is 12.1 Å². The summed E-state index contributed by atoms with van der Waals surface area (Å²) in [6.45, 7) is 5.08. The minimum Gasteiger partial charge on any atom is -0.468 e. The molecule has 6 heteroatoms. The maximum atomic E-state index is 12.4. The number of nitrogens with zero attached hydrogens (tertiary/aromatic N) is 2. The van der Waals surface area contributed by atoms with Gasteiger partial charge in [-0.2, -0.15) is 0 Å². The molecular formula is C17H20N2O4. The third-order valence-corrected chi connectivity index (χ3v) is 3.03. The number of carbonyl (C=O) groups is 2. The predicted molar refractivity (Wildman–Crippen MR) is 87.3 cm³/mol. The standard InChI is InChI=1S/C17H20N2O4/c1-17(2,3)23-16(21)19(11-15(20)22-4)13-7-8-14-12(10-13)6-5-9-18-14/h5-10H,11H2,1-4H3. The van der Waals surface area contributed by atoms with Gasteiger partial charge in [0.05, 0.1) is 12.6 Å². The van der Waals surface area contributed by atoms with Gasteiger partial charge in [0, 0.05) is 17.3 Å². The van der Waals surface area contributed by atoms with Crippen molar-refractivity contribution in [1.82, 2.24) is 4.98 Å². The lowest BCUT2D eigenvalue weighted by Gasteiger charge is -2.26. The molecule has 2 rings (SSSR count). The number of anilines is 1. The number of fused-ring (bicyclic) bond motifs is 1. The van der Waals surface area contributed by atoms with Gasteiger partial charge in [-0.3, -0.25) is 14.7 Å². The van der Waals surface area contributed by atoms with Gasteiger partial charge in [0.15, 0.2) is 0 Å². The molecule has 1 heterocycles. The van der Waals surface area contributed by atoms with Crippen LogP contribution in [0.4, 0.5) is 10.5 Å². The minimum absolute atomic E-state index is 0.225. The van der Waals surface area contributed by atoms with E-state index in [-0.39, 0.29) is 6.54 Å². The summed E-state index contributed by atoms with van der Waals surface area (Å²) in [6, 6.07) is 9.00. The SMILES string of the molecule is COC(=O)CN(C(=O)OC(C)(C)C)c1ccc2ncccc2c1. The Balaban J connectivity index is 2.37. The summed E-state index contributed by atoms with van der Waals surface area (Å²) in [5.41, 5.74) is 0.688. The van der Waals surface area contributed by atoms with Gasteiger partial charge in [-0.05, 0) is 45.0 Å². The van der Waals surface area contributed by atoms with E-state index in [0.717, 1.165) is 10.9 Å². The first-order valence-corrected chi connectivity index (χ1v) is 7.22. The summed E-state index contributed by atoms with van der Waals surface area (Å²) in [6.07, 6.45) is 1.09. The molecule has 6 nitrogen and oxygen atoms in total. The van der Waals surface area contributed by atoms with Gasteiger partial charge in [-0.1, -0.05) is 6.07 Å². The van der Waals surface area contributed by atoms with Crippen molar-refractivity contribution in [2.75, 3.05) is 18.6 Å². The number of hydrogen-bond acceptors (Lipinski definition) is 5. The van der Waals surface area contributed by atoms with Crippen LogP contribution in [0.2, 0.25) is 0 Å². The number of hydrogen-bond donors (Lipinski definition) is 0. The fraction of sp³-hybridized carbons (Fsp3) is 0.353. The van der Waals surface area contributed by atoms with E-state index in [1.54, 1.807) is 45.2 Å². The van der Waals surface area contributed by atoms with Crippen molar-refractivity contribution in [3.8, 4) is 0 Å². The topological polar surface area (TPSA) is 68.7 Å². The van der Waals surface area contributed by atoms with E-state index in [0.29, 0.717) is 5.69 Å². The molecule has 2 aromatic rings. The highest BCUT2D eigenvalue weighted by Crippen LogP contribution is 2.23. The Morgan fingerprint density at radius 2 is 1.96 bits per heavy atom. The maximum absolute atomic E-state index is 12.4. The molecule has 1 amide bonds. The highest BCUT2D eigenvalue weighted by molar-refractivity contribution is 5.96. The van der Waals surface area contributed by atoms with Crippen molar-refractivity contribution in [1.29, 1.82) is 0 Å². The molecule has 0 aliphatic heterocycles. The van der Waals surface area contributed by atoms with E-state index in [1.165, 1.54) is 12.0 Å². The van der Waals surface area contributed by atoms with Crippen molar-refractivity contribution in [2.24, 2.45) is 0 Å². The van der Waals surface area contributed by atoms with Crippen molar-refractivity contribution in [3.05, 3.63) is 36.5 Å². The molecule has 0 spiro atoms. The highest BCUT2D eigenvalue weighted by atomic mass is 16.6. The average molecular weight is 316 g/mol. The average Bonchev–Trinajstić information content (AvgIpc) is 2.50. The maximum Gasteiger partial charge on any atom is 0.415 e. The number of ether oxygens (including phenoxy) is 2. The van der Waals surface area contributed by atoms with Crippen LogP contribution in [0.25, 0.3) is 10.9 Å². The molecule has 0 saturated heterocycles. The molecule has 0 N–H and O–H groups in total. The summed E-state index contributed by atoms with van der Waals surface area (Å²) in [5.74, 6) is -0.526. The molecule has 0 fully saturated rings. The molecule has 0 radical (unpaired) electrons. The van der Waals surface area contributed by atoms with E-state index < -0.39 is 17.7 Å². The Hall–Kier alpha value is -2.63. The Bertz CT molecular complexity index is 722. The molecule has 23 heavy (non-hydrogen) atoms. The van der Waals surface area contributed by atoms with E-state index in [4.69, 9.17) is 4.74 Å². The van der Waals surface area contributed by atoms with Crippen molar-refractivity contribution < 1.29 is 19.1 Å². The monoisotopic (exact) mass is 316 g/mol. The largest absolute Gasteiger partial charge is 0.468 e. The summed E-state index contributed by atoms with van der Waals surface area (Å²) < 4.78 is 10.0. The zero-order valence-corrected chi connectivity index (χ0v) is 13.7.